The molecule has 0 spiro atoms. The molecule has 10 atom stereocenters. The standard InChI is InChI=1S/C26H45NO6S/c1-16(4-7-23(30)27-12-13-34(31,32)33)19-5-6-20-24-21(9-11-26(19,20)3)25(2)10-8-18(28)14-17(25)15-22(24)29/h16-22,24,28-29H,4-15H2,1-3H3,(H,27,30)(H,31,32,33)/t16-,17+,18-,19-,20-,21+,22+,24-,25+,26-/m1/s1. The van der Waals surface area contributed by atoms with Crippen molar-refractivity contribution in [3.8, 4) is 0 Å². The first kappa shape index (κ1) is 26.4. The lowest BCUT2D eigenvalue weighted by Gasteiger charge is -2.62. The largest absolute Gasteiger partial charge is 0.393 e. The third-order valence-corrected chi connectivity index (χ3v) is 11.6. The number of hydrogen-bond acceptors (Lipinski definition) is 5. The third kappa shape index (κ3) is 4.94. The Hall–Kier alpha value is -0.700. The molecule has 34 heavy (non-hydrogen) atoms. The molecule has 1 amide bonds. The second kappa shape index (κ2) is 9.64. The Morgan fingerprint density at radius 2 is 1.71 bits per heavy atom. The van der Waals surface area contributed by atoms with E-state index in [9.17, 15) is 23.4 Å². The number of amides is 1. The Balaban J connectivity index is 1.39. The molecule has 0 aliphatic heterocycles. The van der Waals surface area contributed by atoms with E-state index >= 15 is 0 Å². The van der Waals surface area contributed by atoms with Crippen molar-refractivity contribution in [3.05, 3.63) is 0 Å². The van der Waals surface area contributed by atoms with Crippen molar-refractivity contribution in [3.63, 3.8) is 0 Å². The fourth-order valence-electron chi connectivity index (χ4n) is 9.14. The minimum atomic E-state index is -4.06. The van der Waals surface area contributed by atoms with E-state index in [2.05, 4.69) is 26.1 Å². The average molecular weight is 500 g/mol. The summed E-state index contributed by atoms with van der Waals surface area (Å²) in [7, 11) is -4.06. The van der Waals surface area contributed by atoms with Crippen LogP contribution in [0.5, 0.6) is 0 Å². The fourth-order valence-corrected chi connectivity index (χ4v) is 9.50. The van der Waals surface area contributed by atoms with Crippen LogP contribution in [0, 0.1) is 46.3 Å². The molecule has 0 saturated heterocycles. The highest BCUT2D eigenvalue weighted by Crippen LogP contribution is 2.68. The molecular formula is C26H45NO6S. The van der Waals surface area contributed by atoms with E-state index in [1.165, 1.54) is 6.42 Å². The molecule has 0 unspecified atom stereocenters. The number of carbonyl (C=O) groups is 1. The van der Waals surface area contributed by atoms with Gasteiger partial charge >= 0.3 is 0 Å². The quantitative estimate of drug-likeness (QED) is 0.398. The smallest absolute Gasteiger partial charge is 0.266 e. The maximum Gasteiger partial charge on any atom is 0.266 e. The van der Waals surface area contributed by atoms with Gasteiger partial charge in [0.1, 0.15) is 0 Å². The molecule has 0 aromatic carbocycles. The molecule has 0 radical (unpaired) electrons. The van der Waals surface area contributed by atoms with Crippen LogP contribution in [-0.2, 0) is 14.9 Å². The van der Waals surface area contributed by atoms with Crippen molar-refractivity contribution < 1.29 is 28.0 Å². The predicted molar refractivity (Wildman–Crippen MR) is 130 cm³/mol. The van der Waals surface area contributed by atoms with Crippen LogP contribution in [0.4, 0.5) is 0 Å². The Kier molecular flexibility index (Phi) is 7.47. The Labute approximate surface area is 205 Å². The highest BCUT2D eigenvalue weighted by molar-refractivity contribution is 7.85. The highest BCUT2D eigenvalue weighted by Gasteiger charge is 2.62. The SMILES string of the molecule is C[C@H](CCC(=O)NCCS(=O)(=O)O)[C@H]1CC[C@@H]2[C@H]3[C@@H](O)C[C@@H]4C[C@H](O)CC[C@]4(C)[C@H]3CC[C@@]21C. The van der Waals surface area contributed by atoms with Crippen LogP contribution < -0.4 is 5.32 Å². The molecule has 4 aliphatic carbocycles. The monoisotopic (exact) mass is 499 g/mol. The van der Waals surface area contributed by atoms with Gasteiger partial charge in [0, 0.05) is 13.0 Å². The van der Waals surface area contributed by atoms with Gasteiger partial charge in [-0.15, -0.1) is 0 Å². The van der Waals surface area contributed by atoms with Gasteiger partial charge in [-0.3, -0.25) is 9.35 Å². The summed E-state index contributed by atoms with van der Waals surface area (Å²) in [6, 6.07) is 0. The van der Waals surface area contributed by atoms with Crippen molar-refractivity contribution >= 4 is 16.0 Å². The first-order valence-corrected chi connectivity index (χ1v) is 15.0. The number of fused-ring (bicyclic) bond motifs is 5. The van der Waals surface area contributed by atoms with Crippen molar-refractivity contribution in [2.24, 2.45) is 46.3 Å². The van der Waals surface area contributed by atoms with E-state index in [4.69, 9.17) is 4.55 Å². The van der Waals surface area contributed by atoms with Gasteiger partial charge in [-0.2, -0.15) is 8.42 Å². The number of hydrogen-bond donors (Lipinski definition) is 4. The van der Waals surface area contributed by atoms with E-state index in [-0.39, 0.29) is 35.5 Å². The summed E-state index contributed by atoms with van der Waals surface area (Å²) in [5, 5.41) is 24.2. The molecule has 4 aliphatic rings. The topological polar surface area (TPSA) is 124 Å². The van der Waals surface area contributed by atoms with Crippen LogP contribution in [0.25, 0.3) is 0 Å². The minimum Gasteiger partial charge on any atom is -0.393 e. The Bertz CT molecular complexity index is 863. The maximum absolute atomic E-state index is 12.2. The molecule has 7 nitrogen and oxygen atoms in total. The van der Waals surface area contributed by atoms with Gasteiger partial charge in [-0.05, 0) is 104 Å². The van der Waals surface area contributed by atoms with Crippen molar-refractivity contribution in [1.29, 1.82) is 0 Å². The summed E-state index contributed by atoms with van der Waals surface area (Å²) in [6.07, 6.45) is 8.87. The molecule has 4 saturated carbocycles. The normalized spacial score (nSPS) is 45.1. The zero-order valence-electron chi connectivity index (χ0n) is 21.1. The molecule has 0 aromatic rings. The number of rotatable bonds is 7. The van der Waals surface area contributed by atoms with E-state index in [1.807, 2.05) is 0 Å². The zero-order valence-corrected chi connectivity index (χ0v) is 21.9. The Morgan fingerprint density at radius 3 is 2.41 bits per heavy atom. The average Bonchev–Trinajstić information content (AvgIpc) is 3.09. The highest BCUT2D eigenvalue weighted by atomic mass is 32.2. The number of nitrogens with one attached hydrogen (secondary N) is 1. The van der Waals surface area contributed by atoms with Crippen LogP contribution in [0.15, 0.2) is 0 Å². The van der Waals surface area contributed by atoms with Crippen LogP contribution in [0.1, 0.15) is 85.0 Å². The summed E-state index contributed by atoms with van der Waals surface area (Å²) >= 11 is 0. The third-order valence-electron chi connectivity index (χ3n) is 10.9. The minimum absolute atomic E-state index is 0.0625. The van der Waals surface area contributed by atoms with E-state index < -0.39 is 15.9 Å². The van der Waals surface area contributed by atoms with Crippen molar-refractivity contribution in [2.75, 3.05) is 12.3 Å². The molecular weight excluding hydrogens is 454 g/mol. The zero-order chi connectivity index (χ0) is 24.9. The first-order chi connectivity index (χ1) is 15.8. The molecule has 0 aromatic heterocycles. The fraction of sp³-hybridized carbons (Fsp3) is 0.962. The van der Waals surface area contributed by atoms with E-state index in [0.717, 1.165) is 51.4 Å². The summed E-state index contributed by atoms with van der Waals surface area (Å²) in [4.78, 5) is 12.2. The lowest BCUT2D eigenvalue weighted by molar-refractivity contribution is -0.174. The van der Waals surface area contributed by atoms with Gasteiger partial charge in [0.15, 0.2) is 0 Å². The van der Waals surface area contributed by atoms with Gasteiger partial charge in [0.25, 0.3) is 10.1 Å². The summed E-state index contributed by atoms with van der Waals surface area (Å²) in [6.45, 7) is 7.05. The van der Waals surface area contributed by atoms with Crippen molar-refractivity contribution in [2.45, 2.75) is 97.2 Å². The van der Waals surface area contributed by atoms with Gasteiger partial charge in [0.05, 0.1) is 18.0 Å². The molecule has 4 N–H and O–H groups in total. The number of carbonyl (C=O) groups excluding carboxylic acids is 1. The van der Waals surface area contributed by atoms with Crippen LogP contribution >= 0.6 is 0 Å². The predicted octanol–water partition coefficient (Wildman–Crippen LogP) is 3.40. The first-order valence-electron chi connectivity index (χ1n) is 13.4. The van der Waals surface area contributed by atoms with E-state index in [0.29, 0.717) is 41.9 Å². The second-order valence-electron chi connectivity index (χ2n) is 12.6. The summed E-state index contributed by atoms with van der Waals surface area (Å²) in [5.74, 6) is 2.10. The number of aliphatic hydroxyl groups excluding tert-OH is 2. The molecule has 0 heterocycles. The summed E-state index contributed by atoms with van der Waals surface area (Å²) < 4.78 is 30.5. The van der Waals surface area contributed by atoms with Gasteiger partial charge in [-0.25, -0.2) is 0 Å². The Morgan fingerprint density at radius 1 is 1.03 bits per heavy atom. The van der Waals surface area contributed by atoms with Crippen LogP contribution in [0.2, 0.25) is 0 Å². The molecule has 8 heteroatoms. The van der Waals surface area contributed by atoms with Gasteiger partial charge in [-0.1, -0.05) is 20.8 Å². The summed E-state index contributed by atoms with van der Waals surface area (Å²) in [5.41, 5.74) is 0.411. The van der Waals surface area contributed by atoms with Crippen molar-refractivity contribution in [1.82, 2.24) is 5.32 Å². The van der Waals surface area contributed by atoms with Crippen LogP contribution in [-0.4, -0.2) is 53.6 Å². The van der Waals surface area contributed by atoms with Gasteiger partial charge in [0.2, 0.25) is 5.91 Å². The maximum atomic E-state index is 12.2. The molecule has 196 valence electrons. The van der Waals surface area contributed by atoms with Gasteiger partial charge < -0.3 is 15.5 Å². The van der Waals surface area contributed by atoms with E-state index in [1.54, 1.807) is 0 Å². The molecule has 0 bridgehead atoms. The lowest BCUT2D eigenvalue weighted by Crippen LogP contribution is -2.58. The lowest BCUT2D eigenvalue weighted by atomic mass is 9.43. The van der Waals surface area contributed by atoms with Crippen LogP contribution in [0.3, 0.4) is 0 Å². The number of aliphatic hydroxyl groups is 2. The molecule has 4 fully saturated rings. The molecule has 4 rings (SSSR count). The second-order valence-corrected chi connectivity index (χ2v) is 14.2.